The molecule has 0 amide bonds. The Bertz CT molecular complexity index is 1410. The van der Waals surface area contributed by atoms with Crippen LogP contribution >= 0.6 is 0 Å². The van der Waals surface area contributed by atoms with Gasteiger partial charge in [-0.05, 0) is 0 Å². The van der Waals surface area contributed by atoms with Crippen LogP contribution in [-0.4, -0.2) is 46.8 Å². The van der Waals surface area contributed by atoms with Gasteiger partial charge in [0, 0.05) is 0 Å². The van der Waals surface area contributed by atoms with Crippen LogP contribution in [0.25, 0.3) is 0 Å². The maximum Gasteiger partial charge on any atom is 0.449 e. The summed E-state index contributed by atoms with van der Waals surface area (Å²) in [4.78, 5) is 0. The van der Waals surface area contributed by atoms with Gasteiger partial charge < -0.3 is 4.74 Å². The molecule has 0 aliphatic heterocycles. The van der Waals surface area contributed by atoms with Crippen molar-refractivity contribution in [3.05, 3.63) is 64.7 Å². The van der Waals surface area contributed by atoms with E-state index in [4.69, 9.17) is 0 Å². The number of hydrogen-bond donors (Lipinski definition) is 0. The summed E-state index contributed by atoms with van der Waals surface area (Å²) in [7, 11) is 0.598. The van der Waals surface area contributed by atoms with E-state index in [1.807, 2.05) is 0 Å². The van der Waals surface area contributed by atoms with Gasteiger partial charge in [0.15, 0.2) is 28.8 Å². The van der Waals surface area contributed by atoms with E-state index in [1.54, 1.807) is 0 Å². The third kappa shape index (κ3) is 5.74. The monoisotopic (exact) mass is 727 g/mol. The predicted molar refractivity (Wildman–Crippen MR) is 96.1 cm³/mol. The molecular formula is C20H6F23N2O+. The highest BCUT2D eigenvalue weighted by Crippen LogP contribution is 2.63. The van der Waals surface area contributed by atoms with E-state index >= 15 is 4.39 Å². The van der Waals surface area contributed by atoms with Crippen LogP contribution in [0.15, 0.2) is 30.1 Å². The first kappa shape index (κ1) is 38.5. The molecule has 0 aliphatic carbocycles. The topological polar surface area (TPSA) is 18.0 Å². The summed E-state index contributed by atoms with van der Waals surface area (Å²) in [6.07, 6.45) is -42.6. The molecule has 1 aromatic carbocycles. The van der Waals surface area contributed by atoms with Crippen molar-refractivity contribution in [3.63, 3.8) is 0 Å². The molecule has 2 aromatic rings. The van der Waals surface area contributed by atoms with Crippen molar-refractivity contribution in [2.24, 2.45) is 7.05 Å². The molecule has 46 heavy (non-hydrogen) atoms. The molecule has 0 N–H and O–H groups in total. The molecule has 3 nitrogen and oxygen atoms in total. The number of aryl methyl sites for hydroxylation is 1. The van der Waals surface area contributed by atoms with Crippen molar-refractivity contribution in [1.29, 1.82) is 0 Å². The summed E-state index contributed by atoms with van der Waals surface area (Å²) in [6.45, 7) is 0. The number of hydrogen-bond acceptors (Lipinski definition) is 1. The molecule has 0 saturated carbocycles. The van der Waals surface area contributed by atoms with Crippen LogP contribution in [0.5, 0.6) is 0 Å². The highest BCUT2D eigenvalue weighted by atomic mass is 19.4. The van der Waals surface area contributed by atoms with Gasteiger partial charge in [-0.3, -0.25) is 0 Å². The summed E-state index contributed by atoms with van der Waals surface area (Å²) in [5.74, 6) is -29.4. The summed E-state index contributed by atoms with van der Waals surface area (Å²) >= 11 is 0. The van der Waals surface area contributed by atoms with Crippen LogP contribution < -0.4 is 4.57 Å². The Kier molecular flexibility index (Phi) is 9.19. The van der Waals surface area contributed by atoms with Gasteiger partial charge in [0.05, 0.1) is 12.6 Å². The Labute approximate surface area is 236 Å². The molecule has 1 atom stereocenters. The molecule has 1 aromatic heterocycles. The second-order valence-corrected chi connectivity index (χ2v) is 8.60. The van der Waals surface area contributed by atoms with Gasteiger partial charge in [0.2, 0.25) is 17.9 Å². The van der Waals surface area contributed by atoms with Crippen molar-refractivity contribution >= 4 is 0 Å². The van der Waals surface area contributed by atoms with Gasteiger partial charge in [-0.2, -0.15) is 70.4 Å². The summed E-state index contributed by atoms with van der Waals surface area (Å²) in [6, 6.07) is 0. The van der Waals surface area contributed by atoms with Crippen LogP contribution in [0.2, 0.25) is 0 Å². The third-order valence-electron chi connectivity index (χ3n) is 5.59. The zero-order chi connectivity index (χ0) is 36.6. The van der Waals surface area contributed by atoms with E-state index in [1.165, 1.54) is 0 Å². The third-order valence-corrected chi connectivity index (χ3v) is 5.59. The molecule has 262 valence electrons. The smallest absolute Gasteiger partial charge is 0.414 e. The number of rotatable bonds is 6. The van der Waals surface area contributed by atoms with Gasteiger partial charge in [-0.15, -0.1) is 4.39 Å². The van der Waals surface area contributed by atoms with Crippen molar-refractivity contribution in [2.45, 2.75) is 48.2 Å². The highest BCUT2D eigenvalue weighted by Gasteiger charge is 2.88. The lowest BCUT2D eigenvalue weighted by molar-refractivity contribution is -0.671. The number of ether oxygens (including phenoxy) is 1. The Morgan fingerprint density at radius 2 is 0.891 bits per heavy atom. The lowest BCUT2D eigenvalue weighted by Crippen LogP contribution is -2.67. The number of benzene rings is 1. The molecule has 0 aliphatic rings. The van der Waals surface area contributed by atoms with Crippen LogP contribution in [0.1, 0.15) is 5.56 Å². The minimum absolute atomic E-state index is 0.234. The first-order valence-electron chi connectivity index (χ1n) is 10.5. The van der Waals surface area contributed by atoms with E-state index < -0.39 is 98.7 Å². The first-order chi connectivity index (χ1) is 20.1. The number of alkyl halides is 18. The normalized spacial score (nSPS) is 15.6. The zero-order valence-corrected chi connectivity index (χ0v) is 20.7. The van der Waals surface area contributed by atoms with Crippen LogP contribution in [0.4, 0.5) is 101 Å². The fourth-order valence-corrected chi connectivity index (χ4v) is 3.55. The fourth-order valence-electron chi connectivity index (χ4n) is 3.55. The minimum Gasteiger partial charge on any atom is -0.414 e. The van der Waals surface area contributed by atoms with Gasteiger partial charge in [0.1, 0.15) is 12.4 Å². The van der Waals surface area contributed by atoms with Crippen molar-refractivity contribution < 1.29 is 110 Å². The van der Waals surface area contributed by atoms with Gasteiger partial charge in [-0.25, -0.2) is 35.3 Å². The summed E-state index contributed by atoms with van der Waals surface area (Å²) < 4.78 is 322. The second kappa shape index (κ2) is 11.0. The number of allylic oxidation sites excluding steroid dienone is 2. The van der Waals surface area contributed by atoms with Crippen LogP contribution in [0, 0.1) is 29.1 Å². The number of aromatic nitrogens is 2. The number of halogens is 23. The molecule has 0 radical (unpaired) electrons. The molecule has 2 rings (SSSR count). The van der Waals surface area contributed by atoms with Gasteiger partial charge in [-0.1, -0.05) is 0 Å². The van der Waals surface area contributed by atoms with Crippen molar-refractivity contribution in [1.82, 2.24) is 4.57 Å². The Hall–Kier alpha value is -3.64. The lowest BCUT2D eigenvalue weighted by Gasteiger charge is -2.41. The molecule has 0 fully saturated rings. The highest BCUT2D eigenvalue weighted by molar-refractivity contribution is 5.41. The van der Waals surface area contributed by atoms with Gasteiger partial charge >= 0.3 is 48.2 Å². The lowest BCUT2D eigenvalue weighted by atomic mass is 9.79. The molecule has 0 bridgehead atoms. The van der Waals surface area contributed by atoms with E-state index in [0.717, 1.165) is 0 Å². The van der Waals surface area contributed by atoms with Crippen LogP contribution in [-0.2, 0) is 17.8 Å². The molecule has 1 heterocycles. The maximum absolute atomic E-state index is 16.3. The van der Waals surface area contributed by atoms with E-state index in [0.29, 0.717) is 7.05 Å². The Morgan fingerprint density at radius 3 is 1.15 bits per heavy atom. The fraction of sp³-hybridized carbons (Fsp3) is 0.450. The van der Waals surface area contributed by atoms with Gasteiger partial charge in [0.25, 0.3) is 0 Å². The maximum atomic E-state index is 16.3. The Balaban J connectivity index is 3.52. The predicted octanol–water partition coefficient (Wildman–Crippen LogP) is 8.14. The minimum atomic E-state index is -8.84. The average molecular weight is 727 g/mol. The van der Waals surface area contributed by atoms with E-state index in [-0.39, 0.29) is 23.3 Å². The standard InChI is InChI=1S/C20H6F23N2O/c1-44-2-3-45(4-44)16(31,5-6(21)8(23)10(25)9(24)7(5)22)46-12(15(28,29)30)11(13(26,17(32,33)34)18(35,36)37)14(27,19(38,39)40)20(41,42)43/h2-4H,1H3/q+1. The molecule has 0 spiro atoms. The zero-order valence-electron chi connectivity index (χ0n) is 20.7. The summed E-state index contributed by atoms with van der Waals surface area (Å²) in [5, 5.41) is 0. The van der Waals surface area contributed by atoms with E-state index in [9.17, 15) is 96.6 Å². The number of imidazole rings is 1. The largest absolute Gasteiger partial charge is 0.449 e. The molecule has 26 heteroatoms. The average Bonchev–Trinajstić information content (AvgIpc) is 3.29. The Morgan fingerprint density at radius 1 is 0.565 bits per heavy atom. The second-order valence-electron chi connectivity index (χ2n) is 8.60. The number of nitrogens with zero attached hydrogens (tertiary/aromatic N) is 2. The molecule has 0 saturated heterocycles. The van der Waals surface area contributed by atoms with Crippen molar-refractivity contribution in [2.75, 3.05) is 0 Å². The SMILES string of the molecule is C[n+]1ccn(C(F)(OC(=C(C(F)(C(F)(F)F)C(F)(F)F)C(F)(C(F)(F)F)C(F)(F)F)C(F)(F)F)c2c(F)c(F)c(F)c(F)c2F)c1. The van der Waals surface area contributed by atoms with Crippen LogP contribution in [0.3, 0.4) is 0 Å². The quantitative estimate of drug-likeness (QED) is 0.0967. The molecular weight excluding hydrogens is 721 g/mol. The van der Waals surface area contributed by atoms with E-state index in [2.05, 4.69) is 4.74 Å². The van der Waals surface area contributed by atoms with Crippen molar-refractivity contribution in [3.8, 4) is 0 Å². The first-order valence-corrected chi connectivity index (χ1v) is 10.5. The molecule has 1 unspecified atom stereocenters. The summed E-state index contributed by atoms with van der Waals surface area (Å²) in [5.41, 5.74) is -27.5.